The van der Waals surface area contributed by atoms with Crippen LogP contribution in [0.1, 0.15) is 13.8 Å². The topological polar surface area (TPSA) is 62.2 Å². The summed E-state index contributed by atoms with van der Waals surface area (Å²) in [5.41, 5.74) is 0. The first kappa shape index (κ1) is 11.8. The van der Waals surface area contributed by atoms with Gasteiger partial charge in [0, 0.05) is 6.61 Å². The number of epoxide rings is 1. The number of hydrogen-bond acceptors (Lipinski definition) is 4. The van der Waals surface area contributed by atoms with Crippen molar-refractivity contribution < 1.29 is 19.7 Å². The summed E-state index contributed by atoms with van der Waals surface area (Å²) in [7, 11) is 0. The molecule has 0 spiro atoms. The van der Waals surface area contributed by atoms with Crippen molar-refractivity contribution in [1.82, 2.24) is 0 Å². The Hall–Kier alpha value is -0.160. The standard InChI is InChI=1S/C5H10O2.C3H8O2/c1-2-6-3-5-4-7-5;1-3(5)2-4/h5H,2-4H2,1H3;3-5H,2H2,1H3. The van der Waals surface area contributed by atoms with E-state index < -0.39 is 6.10 Å². The normalized spacial score (nSPS) is 22.5. The van der Waals surface area contributed by atoms with Crippen LogP contribution < -0.4 is 0 Å². The fourth-order valence-electron chi connectivity index (χ4n) is 0.414. The Bertz CT molecular complexity index is 91.1. The van der Waals surface area contributed by atoms with E-state index in [1.807, 2.05) is 6.92 Å². The molecular formula is C8H18O4. The Labute approximate surface area is 73.1 Å². The lowest BCUT2D eigenvalue weighted by Crippen LogP contribution is -2.03. The third kappa shape index (κ3) is 9.84. The molecule has 0 aromatic heterocycles. The molecule has 1 saturated heterocycles. The number of ether oxygens (including phenoxy) is 2. The van der Waals surface area contributed by atoms with E-state index in [1.165, 1.54) is 6.92 Å². The molecule has 74 valence electrons. The van der Waals surface area contributed by atoms with Crippen molar-refractivity contribution in [1.29, 1.82) is 0 Å². The van der Waals surface area contributed by atoms with E-state index in [-0.39, 0.29) is 6.61 Å². The van der Waals surface area contributed by atoms with Gasteiger partial charge in [0.2, 0.25) is 0 Å². The number of hydrogen-bond donors (Lipinski definition) is 2. The summed E-state index contributed by atoms with van der Waals surface area (Å²) < 4.78 is 9.92. The molecule has 0 amide bonds. The van der Waals surface area contributed by atoms with E-state index in [4.69, 9.17) is 19.7 Å². The molecule has 1 heterocycles. The highest BCUT2D eigenvalue weighted by atomic mass is 16.6. The molecule has 0 saturated carbocycles. The van der Waals surface area contributed by atoms with E-state index in [1.54, 1.807) is 0 Å². The monoisotopic (exact) mass is 178 g/mol. The van der Waals surface area contributed by atoms with Crippen LogP contribution in [0.2, 0.25) is 0 Å². The molecule has 2 N–H and O–H groups in total. The Kier molecular flexibility index (Phi) is 7.39. The van der Waals surface area contributed by atoms with Crippen molar-refractivity contribution in [3.63, 3.8) is 0 Å². The van der Waals surface area contributed by atoms with Gasteiger partial charge in [0.15, 0.2) is 0 Å². The third-order valence-electron chi connectivity index (χ3n) is 1.17. The average Bonchev–Trinajstić information content (AvgIpc) is 2.85. The van der Waals surface area contributed by atoms with Crippen molar-refractivity contribution >= 4 is 0 Å². The summed E-state index contributed by atoms with van der Waals surface area (Å²) in [5, 5.41) is 16.0. The Morgan fingerprint density at radius 3 is 2.42 bits per heavy atom. The quantitative estimate of drug-likeness (QED) is 0.584. The van der Waals surface area contributed by atoms with Crippen molar-refractivity contribution in [2.45, 2.75) is 26.1 Å². The van der Waals surface area contributed by atoms with Gasteiger partial charge in [0.05, 0.1) is 25.9 Å². The summed E-state index contributed by atoms with van der Waals surface area (Å²) in [6, 6.07) is 0. The fourth-order valence-corrected chi connectivity index (χ4v) is 0.414. The number of aliphatic hydroxyl groups is 2. The molecule has 1 aliphatic heterocycles. The molecule has 4 heteroatoms. The second-order valence-corrected chi connectivity index (χ2v) is 2.65. The van der Waals surface area contributed by atoms with Gasteiger partial charge in [-0.15, -0.1) is 0 Å². The lowest BCUT2D eigenvalue weighted by molar-refractivity contribution is 0.110. The molecule has 1 rings (SSSR count). The van der Waals surface area contributed by atoms with Crippen LogP contribution in [-0.4, -0.2) is 48.8 Å². The van der Waals surface area contributed by atoms with E-state index in [9.17, 15) is 0 Å². The van der Waals surface area contributed by atoms with E-state index in [0.717, 1.165) is 19.8 Å². The predicted molar refractivity (Wildman–Crippen MR) is 45.0 cm³/mol. The zero-order valence-electron chi connectivity index (χ0n) is 7.69. The Morgan fingerprint density at radius 1 is 1.67 bits per heavy atom. The molecule has 1 fully saturated rings. The average molecular weight is 178 g/mol. The first-order valence-electron chi connectivity index (χ1n) is 4.19. The van der Waals surface area contributed by atoms with Gasteiger partial charge < -0.3 is 19.7 Å². The van der Waals surface area contributed by atoms with E-state index >= 15 is 0 Å². The first-order valence-corrected chi connectivity index (χ1v) is 4.19. The zero-order valence-corrected chi connectivity index (χ0v) is 7.69. The lowest BCUT2D eigenvalue weighted by atomic mass is 10.5. The molecule has 0 aliphatic carbocycles. The summed E-state index contributed by atoms with van der Waals surface area (Å²) in [6.07, 6.45) is -0.130. The maximum absolute atomic E-state index is 8.11. The smallest absolute Gasteiger partial charge is 0.104 e. The van der Waals surface area contributed by atoms with Gasteiger partial charge in [0.1, 0.15) is 6.10 Å². The van der Waals surface area contributed by atoms with Gasteiger partial charge in [-0.05, 0) is 13.8 Å². The van der Waals surface area contributed by atoms with Gasteiger partial charge in [-0.25, -0.2) is 0 Å². The minimum absolute atomic E-state index is 0.139. The van der Waals surface area contributed by atoms with Crippen LogP contribution in [-0.2, 0) is 9.47 Å². The van der Waals surface area contributed by atoms with Crippen LogP contribution in [0.3, 0.4) is 0 Å². The van der Waals surface area contributed by atoms with Gasteiger partial charge in [0.25, 0.3) is 0 Å². The van der Waals surface area contributed by atoms with Crippen LogP contribution in [0.15, 0.2) is 0 Å². The molecule has 0 radical (unpaired) electrons. The molecular weight excluding hydrogens is 160 g/mol. The fraction of sp³-hybridized carbons (Fsp3) is 1.00. The summed E-state index contributed by atoms with van der Waals surface area (Å²) in [4.78, 5) is 0. The van der Waals surface area contributed by atoms with Crippen LogP contribution in [0.25, 0.3) is 0 Å². The molecule has 4 nitrogen and oxygen atoms in total. The van der Waals surface area contributed by atoms with E-state index in [0.29, 0.717) is 6.10 Å². The zero-order chi connectivity index (χ0) is 9.40. The maximum Gasteiger partial charge on any atom is 0.104 e. The largest absolute Gasteiger partial charge is 0.394 e. The highest BCUT2D eigenvalue weighted by Gasteiger charge is 2.21. The van der Waals surface area contributed by atoms with Gasteiger partial charge >= 0.3 is 0 Å². The second-order valence-electron chi connectivity index (χ2n) is 2.65. The van der Waals surface area contributed by atoms with Crippen molar-refractivity contribution in [2.24, 2.45) is 0 Å². The molecule has 0 bridgehead atoms. The first-order chi connectivity index (χ1) is 5.70. The van der Waals surface area contributed by atoms with Crippen LogP contribution in [0.4, 0.5) is 0 Å². The van der Waals surface area contributed by atoms with Crippen LogP contribution in [0.5, 0.6) is 0 Å². The number of rotatable bonds is 4. The Balaban J connectivity index is 0.000000217. The SMILES string of the molecule is CC(O)CO.CCOCC1CO1. The van der Waals surface area contributed by atoms with Crippen LogP contribution >= 0.6 is 0 Å². The highest BCUT2D eigenvalue weighted by Crippen LogP contribution is 2.07. The van der Waals surface area contributed by atoms with Crippen molar-refractivity contribution in [2.75, 3.05) is 26.4 Å². The minimum Gasteiger partial charge on any atom is -0.394 e. The molecule has 12 heavy (non-hydrogen) atoms. The summed E-state index contributed by atoms with van der Waals surface area (Å²) in [5.74, 6) is 0. The molecule has 0 aromatic rings. The van der Waals surface area contributed by atoms with Gasteiger partial charge in [-0.1, -0.05) is 0 Å². The Morgan fingerprint density at radius 2 is 2.17 bits per heavy atom. The summed E-state index contributed by atoms with van der Waals surface area (Å²) >= 11 is 0. The molecule has 2 unspecified atom stereocenters. The molecule has 2 atom stereocenters. The maximum atomic E-state index is 8.11. The third-order valence-corrected chi connectivity index (χ3v) is 1.17. The van der Waals surface area contributed by atoms with E-state index in [2.05, 4.69) is 0 Å². The minimum atomic E-state index is -0.560. The second kappa shape index (κ2) is 7.49. The molecule has 1 aliphatic rings. The number of aliphatic hydroxyl groups excluding tert-OH is 2. The van der Waals surface area contributed by atoms with Crippen molar-refractivity contribution in [3.8, 4) is 0 Å². The lowest BCUT2D eigenvalue weighted by Gasteiger charge is -1.91. The van der Waals surface area contributed by atoms with Crippen LogP contribution in [0, 0.1) is 0 Å². The van der Waals surface area contributed by atoms with Gasteiger partial charge in [-0.2, -0.15) is 0 Å². The predicted octanol–water partition coefficient (Wildman–Crippen LogP) is -0.219. The van der Waals surface area contributed by atoms with Crippen molar-refractivity contribution in [3.05, 3.63) is 0 Å². The molecule has 0 aromatic carbocycles. The highest BCUT2D eigenvalue weighted by molar-refractivity contribution is 4.66. The summed E-state index contributed by atoms with van der Waals surface area (Å²) in [6.45, 7) is 5.87. The van der Waals surface area contributed by atoms with Gasteiger partial charge in [-0.3, -0.25) is 0 Å².